The topological polar surface area (TPSA) is 49.4 Å². The van der Waals surface area contributed by atoms with Gasteiger partial charge in [-0.25, -0.2) is 0 Å². The lowest BCUT2D eigenvalue weighted by atomic mass is 10.1. The van der Waals surface area contributed by atoms with E-state index < -0.39 is 0 Å². The van der Waals surface area contributed by atoms with Crippen LogP contribution in [0.4, 0.5) is 0 Å². The van der Waals surface area contributed by atoms with Crippen LogP contribution in [0.25, 0.3) is 0 Å². The monoisotopic (exact) mass is 288 g/mol. The van der Waals surface area contributed by atoms with Gasteiger partial charge in [-0.05, 0) is 26.3 Å². The van der Waals surface area contributed by atoms with Crippen molar-refractivity contribution in [1.29, 1.82) is 0 Å². The molecule has 1 aliphatic heterocycles. The maximum atomic E-state index is 11.9. The van der Waals surface area contributed by atoms with Gasteiger partial charge in [-0.15, -0.1) is 0 Å². The minimum atomic E-state index is 0.0225. The van der Waals surface area contributed by atoms with E-state index in [9.17, 15) is 9.59 Å². The van der Waals surface area contributed by atoms with E-state index in [1.165, 1.54) is 5.56 Å². The van der Waals surface area contributed by atoms with Crippen molar-refractivity contribution in [2.24, 2.45) is 5.92 Å². The molecule has 4 heteroatoms. The van der Waals surface area contributed by atoms with Gasteiger partial charge < -0.3 is 10.2 Å². The Balaban J connectivity index is 1.77. The first-order valence-electron chi connectivity index (χ1n) is 7.57. The standard InChI is InChI=1S/C17H24N2O2/c1-12(2)19-11-15(9-17(19)21)10-18-16(20)8-14-6-4-13(3)5-7-14/h4-7,12,15H,8-11H2,1-3H3,(H,18,20). The van der Waals surface area contributed by atoms with Crippen molar-refractivity contribution in [3.8, 4) is 0 Å². The number of nitrogens with one attached hydrogen (secondary N) is 1. The summed E-state index contributed by atoms with van der Waals surface area (Å²) in [5.74, 6) is 0.457. The minimum Gasteiger partial charge on any atom is -0.355 e. The molecule has 1 unspecified atom stereocenters. The van der Waals surface area contributed by atoms with Crippen LogP contribution in [0.5, 0.6) is 0 Å². The Morgan fingerprint density at radius 2 is 2.00 bits per heavy atom. The molecular weight excluding hydrogens is 264 g/mol. The molecule has 2 rings (SSSR count). The first kappa shape index (κ1) is 15.5. The van der Waals surface area contributed by atoms with Gasteiger partial charge in [0, 0.05) is 31.5 Å². The normalized spacial score (nSPS) is 18.4. The first-order chi connectivity index (χ1) is 9.95. The lowest BCUT2D eigenvalue weighted by molar-refractivity contribution is -0.129. The molecule has 1 fully saturated rings. The summed E-state index contributed by atoms with van der Waals surface area (Å²) in [6, 6.07) is 8.23. The second-order valence-corrected chi connectivity index (χ2v) is 6.18. The fourth-order valence-corrected chi connectivity index (χ4v) is 2.66. The fraction of sp³-hybridized carbons (Fsp3) is 0.529. The number of hydrogen-bond acceptors (Lipinski definition) is 2. The SMILES string of the molecule is Cc1ccc(CC(=O)NCC2CC(=O)N(C(C)C)C2)cc1. The highest BCUT2D eigenvalue weighted by molar-refractivity contribution is 5.80. The average molecular weight is 288 g/mol. The van der Waals surface area contributed by atoms with Crippen LogP contribution in [0, 0.1) is 12.8 Å². The predicted molar refractivity (Wildman–Crippen MR) is 82.8 cm³/mol. The van der Waals surface area contributed by atoms with Crippen LogP contribution in [0.1, 0.15) is 31.4 Å². The van der Waals surface area contributed by atoms with E-state index in [0.29, 0.717) is 19.4 Å². The van der Waals surface area contributed by atoms with Crippen molar-refractivity contribution >= 4 is 11.8 Å². The number of rotatable bonds is 5. The van der Waals surface area contributed by atoms with Gasteiger partial charge in [0.25, 0.3) is 0 Å². The van der Waals surface area contributed by atoms with Crippen LogP contribution in [0.15, 0.2) is 24.3 Å². The molecular formula is C17H24N2O2. The van der Waals surface area contributed by atoms with Crippen molar-refractivity contribution in [3.63, 3.8) is 0 Å². The van der Waals surface area contributed by atoms with Crippen LogP contribution in [-0.2, 0) is 16.0 Å². The summed E-state index contributed by atoms with van der Waals surface area (Å²) in [6.07, 6.45) is 0.942. The molecule has 1 heterocycles. The lowest BCUT2D eigenvalue weighted by Crippen LogP contribution is -2.34. The van der Waals surface area contributed by atoms with E-state index in [1.807, 2.05) is 49.9 Å². The molecule has 0 spiro atoms. The number of likely N-dealkylation sites (tertiary alicyclic amines) is 1. The second kappa shape index (κ2) is 6.74. The zero-order valence-electron chi connectivity index (χ0n) is 13.1. The molecule has 2 amide bonds. The summed E-state index contributed by atoms with van der Waals surface area (Å²) >= 11 is 0. The number of benzene rings is 1. The molecule has 4 nitrogen and oxygen atoms in total. The molecule has 0 aromatic heterocycles. The number of hydrogen-bond donors (Lipinski definition) is 1. The molecule has 114 valence electrons. The Hall–Kier alpha value is -1.84. The molecule has 21 heavy (non-hydrogen) atoms. The second-order valence-electron chi connectivity index (χ2n) is 6.18. The third-order valence-corrected chi connectivity index (χ3v) is 3.94. The van der Waals surface area contributed by atoms with Crippen LogP contribution < -0.4 is 5.32 Å². The van der Waals surface area contributed by atoms with Gasteiger partial charge in [-0.2, -0.15) is 0 Å². The van der Waals surface area contributed by atoms with Crippen LogP contribution >= 0.6 is 0 Å². The molecule has 1 aliphatic rings. The van der Waals surface area contributed by atoms with Crippen LogP contribution in [0.2, 0.25) is 0 Å². The molecule has 0 bridgehead atoms. The Morgan fingerprint density at radius 1 is 1.33 bits per heavy atom. The third-order valence-electron chi connectivity index (χ3n) is 3.94. The van der Waals surface area contributed by atoms with Gasteiger partial charge in [0.15, 0.2) is 0 Å². The van der Waals surface area contributed by atoms with Crippen molar-refractivity contribution in [3.05, 3.63) is 35.4 Å². The lowest BCUT2D eigenvalue weighted by Gasteiger charge is -2.21. The van der Waals surface area contributed by atoms with Gasteiger partial charge in [0.1, 0.15) is 0 Å². The first-order valence-corrected chi connectivity index (χ1v) is 7.57. The number of carbonyl (C=O) groups excluding carboxylic acids is 2. The molecule has 0 aliphatic carbocycles. The van der Waals surface area contributed by atoms with Crippen LogP contribution in [-0.4, -0.2) is 35.8 Å². The molecule has 1 N–H and O–H groups in total. The smallest absolute Gasteiger partial charge is 0.224 e. The van der Waals surface area contributed by atoms with Gasteiger partial charge in [-0.1, -0.05) is 29.8 Å². The highest BCUT2D eigenvalue weighted by atomic mass is 16.2. The van der Waals surface area contributed by atoms with E-state index in [4.69, 9.17) is 0 Å². The van der Waals surface area contributed by atoms with Gasteiger partial charge in [-0.3, -0.25) is 9.59 Å². The van der Waals surface area contributed by atoms with E-state index in [0.717, 1.165) is 12.1 Å². The Morgan fingerprint density at radius 3 is 2.57 bits per heavy atom. The van der Waals surface area contributed by atoms with Crippen molar-refractivity contribution in [2.45, 2.75) is 39.7 Å². The molecule has 1 atom stereocenters. The average Bonchev–Trinajstić information content (AvgIpc) is 2.81. The van der Waals surface area contributed by atoms with E-state index in [2.05, 4.69) is 5.32 Å². The Kier molecular flexibility index (Phi) is 4.99. The maximum absolute atomic E-state index is 11.9. The molecule has 1 aromatic carbocycles. The van der Waals surface area contributed by atoms with Gasteiger partial charge in [0.05, 0.1) is 6.42 Å². The summed E-state index contributed by atoms with van der Waals surface area (Å²) in [6.45, 7) is 7.41. The minimum absolute atomic E-state index is 0.0225. The maximum Gasteiger partial charge on any atom is 0.224 e. The summed E-state index contributed by atoms with van der Waals surface area (Å²) in [5.41, 5.74) is 2.21. The molecule has 1 aromatic rings. The third kappa shape index (κ3) is 4.31. The zero-order valence-corrected chi connectivity index (χ0v) is 13.1. The molecule has 1 saturated heterocycles. The number of nitrogens with zero attached hydrogens (tertiary/aromatic N) is 1. The largest absolute Gasteiger partial charge is 0.355 e. The highest BCUT2D eigenvalue weighted by Gasteiger charge is 2.30. The molecule has 0 saturated carbocycles. The van der Waals surface area contributed by atoms with Crippen molar-refractivity contribution in [2.75, 3.05) is 13.1 Å². The highest BCUT2D eigenvalue weighted by Crippen LogP contribution is 2.19. The quantitative estimate of drug-likeness (QED) is 0.900. The summed E-state index contributed by atoms with van der Waals surface area (Å²) in [4.78, 5) is 25.6. The number of aryl methyl sites for hydroxylation is 1. The fourth-order valence-electron chi connectivity index (χ4n) is 2.66. The van der Waals surface area contributed by atoms with Crippen LogP contribution in [0.3, 0.4) is 0 Å². The van der Waals surface area contributed by atoms with E-state index in [-0.39, 0.29) is 23.8 Å². The summed E-state index contributed by atoms with van der Waals surface area (Å²) < 4.78 is 0. The van der Waals surface area contributed by atoms with Gasteiger partial charge in [0.2, 0.25) is 11.8 Å². The van der Waals surface area contributed by atoms with E-state index >= 15 is 0 Å². The zero-order chi connectivity index (χ0) is 15.4. The predicted octanol–water partition coefficient (Wildman–Crippen LogP) is 1.91. The number of carbonyl (C=O) groups is 2. The number of amides is 2. The summed E-state index contributed by atoms with van der Waals surface area (Å²) in [5, 5.41) is 2.95. The van der Waals surface area contributed by atoms with Crippen molar-refractivity contribution in [1.82, 2.24) is 10.2 Å². The van der Waals surface area contributed by atoms with Crippen molar-refractivity contribution < 1.29 is 9.59 Å². The Labute approximate surface area is 126 Å². The van der Waals surface area contributed by atoms with Gasteiger partial charge >= 0.3 is 0 Å². The molecule has 0 radical (unpaired) electrons. The summed E-state index contributed by atoms with van der Waals surface area (Å²) in [7, 11) is 0. The van der Waals surface area contributed by atoms with E-state index in [1.54, 1.807) is 0 Å². The Bertz CT molecular complexity index is 508.